The first kappa shape index (κ1) is 15.7. The molecule has 0 aliphatic carbocycles. The summed E-state index contributed by atoms with van der Waals surface area (Å²) in [5, 5.41) is 7.08. The van der Waals surface area contributed by atoms with Gasteiger partial charge in [-0.05, 0) is 17.7 Å². The molecule has 1 saturated heterocycles. The highest BCUT2D eigenvalue weighted by atomic mass is 16.1. The lowest BCUT2D eigenvalue weighted by molar-refractivity contribution is -0.124. The van der Waals surface area contributed by atoms with E-state index in [9.17, 15) is 4.79 Å². The number of anilines is 1. The van der Waals surface area contributed by atoms with Crippen molar-refractivity contribution < 1.29 is 4.79 Å². The SMILES string of the molecule is CNC(=O)[C@H]1CN(c2nc3ccccc3n2C)C[C@@H]1c1cnn(C)c1. The Bertz CT molecular complexity index is 927. The third kappa shape index (κ3) is 2.56. The van der Waals surface area contributed by atoms with Crippen molar-refractivity contribution in [2.75, 3.05) is 25.0 Å². The number of nitrogens with zero attached hydrogens (tertiary/aromatic N) is 5. The molecule has 1 aromatic carbocycles. The highest BCUT2D eigenvalue weighted by Crippen LogP contribution is 2.35. The maximum absolute atomic E-state index is 12.4. The predicted octanol–water partition coefficient (Wildman–Crippen LogP) is 1.27. The number of nitrogens with one attached hydrogen (secondary N) is 1. The van der Waals surface area contributed by atoms with Crippen molar-refractivity contribution in [3.05, 3.63) is 42.2 Å². The first-order valence-corrected chi connectivity index (χ1v) is 8.45. The molecule has 3 aromatic rings. The van der Waals surface area contributed by atoms with Crippen LogP contribution in [0.3, 0.4) is 0 Å². The predicted molar refractivity (Wildman–Crippen MR) is 96.4 cm³/mol. The molecule has 7 heteroatoms. The summed E-state index contributed by atoms with van der Waals surface area (Å²) in [7, 11) is 5.62. The van der Waals surface area contributed by atoms with E-state index >= 15 is 0 Å². The van der Waals surface area contributed by atoms with E-state index < -0.39 is 0 Å². The Hall–Kier alpha value is -2.83. The van der Waals surface area contributed by atoms with Crippen LogP contribution in [-0.2, 0) is 18.9 Å². The number of rotatable bonds is 3. The quantitative estimate of drug-likeness (QED) is 0.781. The van der Waals surface area contributed by atoms with E-state index in [2.05, 4.69) is 25.9 Å². The summed E-state index contributed by atoms with van der Waals surface area (Å²) in [6.07, 6.45) is 3.86. The molecule has 0 saturated carbocycles. The van der Waals surface area contributed by atoms with E-state index in [1.165, 1.54) is 0 Å². The first-order chi connectivity index (χ1) is 12.1. The molecule has 1 N–H and O–H groups in total. The second kappa shape index (κ2) is 5.91. The molecular weight excluding hydrogens is 316 g/mol. The van der Waals surface area contributed by atoms with Gasteiger partial charge in [0.15, 0.2) is 0 Å². The van der Waals surface area contributed by atoms with Gasteiger partial charge in [0.1, 0.15) is 0 Å². The fourth-order valence-electron chi connectivity index (χ4n) is 3.80. The molecule has 1 fully saturated rings. The van der Waals surface area contributed by atoms with Crippen molar-refractivity contribution in [2.45, 2.75) is 5.92 Å². The number of aryl methyl sites for hydroxylation is 2. The van der Waals surface area contributed by atoms with Crippen molar-refractivity contribution >= 4 is 22.9 Å². The Morgan fingerprint density at radius 2 is 2.04 bits per heavy atom. The normalized spacial score (nSPS) is 20.4. The summed E-state index contributed by atoms with van der Waals surface area (Å²) in [5.74, 6) is 0.957. The van der Waals surface area contributed by atoms with Gasteiger partial charge in [-0.25, -0.2) is 4.98 Å². The lowest BCUT2D eigenvalue weighted by atomic mass is 9.90. The molecule has 7 nitrogen and oxygen atoms in total. The van der Waals surface area contributed by atoms with Crippen molar-refractivity contribution in [1.29, 1.82) is 0 Å². The van der Waals surface area contributed by atoms with Crippen LogP contribution in [0.15, 0.2) is 36.7 Å². The third-order valence-corrected chi connectivity index (χ3v) is 5.10. The molecule has 1 amide bonds. The van der Waals surface area contributed by atoms with Gasteiger partial charge < -0.3 is 14.8 Å². The van der Waals surface area contributed by atoms with Crippen molar-refractivity contribution in [3.8, 4) is 0 Å². The molecule has 3 heterocycles. The summed E-state index contributed by atoms with van der Waals surface area (Å²) in [5.41, 5.74) is 3.16. The van der Waals surface area contributed by atoms with Crippen LogP contribution in [-0.4, -0.2) is 45.4 Å². The topological polar surface area (TPSA) is 68.0 Å². The minimum Gasteiger partial charge on any atom is -0.359 e. The number of aromatic nitrogens is 4. The molecule has 0 unspecified atom stereocenters. The minimum atomic E-state index is -0.117. The van der Waals surface area contributed by atoms with Gasteiger partial charge in [-0.1, -0.05) is 12.1 Å². The van der Waals surface area contributed by atoms with E-state index in [1.807, 2.05) is 44.7 Å². The summed E-state index contributed by atoms with van der Waals surface area (Å²) in [6.45, 7) is 1.40. The summed E-state index contributed by atoms with van der Waals surface area (Å²) in [4.78, 5) is 19.4. The summed E-state index contributed by atoms with van der Waals surface area (Å²) < 4.78 is 3.88. The smallest absolute Gasteiger partial charge is 0.225 e. The van der Waals surface area contributed by atoms with Crippen LogP contribution in [0.5, 0.6) is 0 Å². The maximum atomic E-state index is 12.4. The lowest BCUT2D eigenvalue weighted by Crippen LogP contribution is -2.32. The standard InChI is InChI=1S/C18H22N6O/c1-19-17(25)14-11-24(10-13(14)12-8-20-22(2)9-12)18-21-15-6-4-5-7-16(15)23(18)3/h4-9,13-14H,10-11H2,1-3H3,(H,19,25)/t13-,14+/m1/s1. The zero-order valence-electron chi connectivity index (χ0n) is 14.7. The van der Waals surface area contributed by atoms with Crippen LogP contribution in [0.2, 0.25) is 0 Å². The Labute approximate surface area is 146 Å². The molecule has 0 radical (unpaired) electrons. The number of carbonyl (C=O) groups is 1. The largest absolute Gasteiger partial charge is 0.359 e. The average molecular weight is 338 g/mol. The van der Waals surface area contributed by atoms with Crippen molar-refractivity contribution in [1.82, 2.24) is 24.6 Å². The van der Waals surface area contributed by atoms with Crippen molar-refractivity contribution in [2.24, 2.45) is 20.0 Å². The highest BCUT2D eigenvalue weighted by molar-refractivity contribution is 5.82. The number of amides is 1. The zero-order valence-corrected chi connectivity index (χ0v) is 14.7. The Morgan fingerprint density at radius 1 is 1.24 bits per heavy atom. The number of para-hydroxylation sites is 2. The molecule has 4 rings (SSSR count). The van der Waals surface area contributed by atoms with Gasteiger partial charge in [0.25, 0.3) is 0 Å². The summed E-state index contributed by atoms with van der Waals surface area (Å²) in [6, 6.07) is 8.10. The second-order valence-electron chi connectivity index (χ2n) is 6.64. The van der Waals surface area contributed by atoms with Crippen LogP contribution in [0.1, 0.15) is 11.5 Å². The van der Waals surface area contributed by atoms with E-state index in [0.717, 1.165) is 29.1 Å². The van der Waals surface area contributed by atoms with Crippen LogP contribution in [0.25, 0.3) is 11.0 Å². The van der Waals surface area contributed by atoms with Gasteiger partial charge in [0, 0.05) is 46.3 Å². The Morgan fingerprint density at radius 3 is 2.72 bits per heavy atom. The highest BCUT2D eigenvalue weighted by Gasteiger charge is 2.40. The molecule has 1 aliphatic heterocycles. The fourth-order valence-corrected chi connectivity index (χ4v) is 3.80. The van der Waals surface area contributed by atoms with Gasteiger partial charge in [0.05, 0.1) is 23.1 Å². The molecule has 1 aliphatic rings. The first-order valence-electron chi connectivity index (χ1n) is 8.45. The Kier molecular flexibility index (Phi) is 3.71. The number of hydrogen-bond donors (Lipinski definition) is 1. The average Bonchev–Trinajstić information content (AvgIpc) is 3.31. The number of carbonyl (C=O) groups excluding carboxylic acids is 1. The molecule has 0 spiro atoms. The molecule has 25 heavy (non-hydrogen) atoms. The van der Waals surface area contributed by atoms with Crippen LogP contribution < -0.4 is 10.2 Å². The van der Waals surface area contributed by atoms with Gasteiger partial charge in [-0.2, -0.15) is 5.10 Å². The van der Waals surface area contributed by atoms with E-state index in [-0.39, 0.29) is 17.7 Å². The van der Waals surface area contributed by atoms with Gasteiger partial charge >= 0.3 is 0 Å². The van der Waals surface area contributed by atoms with Gasteiger partial charge in [-0.15, -0.1) is 0 Å². The zero-order chi connectivity index (χ0) is 17.6. The number of imidazole rings is 1. The van der Waals surface area contributed by atoms with E-state index in [0.29, 0.717) is 6.54 Å². The summed E-state index contributed by atoms with van der Waals surface area (Å²) >= 11 is 0. The fraction of sp³-hybridized carbons (Fsp3) is 0.389. The van der Waals surface area contributed by atoms with Gasteiger partial charge in [0.2, 0.25) is 11.9 Å². The number of hydrogen-bond acceptors (Lipinski definition) is 4. The molecular formula is C18H22N6O. The monoisotopic (exact) mass is 338 g/mol. The maximum Gasteiger partial charge on any atom is 0.225 e. The van der Waals surface area contributed by atoms with Crippen LogP contribution in [0.4, 0.5) is 5.95 Å². The Balaban J connectivity index is 1.71. The van der Waals surface area contributed by atoms with Crippen molar-refractivity contribution in [3.63, 3.8) is 0 Å². The third-order valence-electron chi connectivity index (χ3n) is 5.10. The van der Waals surface area contributed by atoms with Gasteiger partial charge in [-0.3, -0.25) is 9.48 Å². The molecule has 2 aromatic heterocycles. The lowest BCUT2D eigenvalue weighted by Gasteiger charge is -2.17. The minimum absolute atomic E-state index is 0.0649. The second-order valence-corrected chi connectivity index (χ2v) is 6.64. The van der Waals surface area contributed by atoms with E-state index in [1.54, 1.807) is 11.7 Å². The number of fused-ring (bicyclic) bond motifs is 1. The number of benzene rings is 1. The molecule has 130 valence electrons. The molecule has 2 atom stereocenters. The van der Waals surface area contributed by atoms with E-state index in [4.69, 9.17) is 4.98 Å². The molecule has 0 bridgehead atoms. The van der Waals surface area contributed by atoms with Crippen LogP contribution >= 0.6 is 0 Å². The van der Waals surface area contributed by atoms with Crippen LogP contribution in [0, 0.1) is 5.92 Å².